The van der Waals surface area contributed by atoms with Gasteiger partial charge in [0.05, 0.1) is 17.0 Å². The molecular weight excluding hydrogens is 530 g/mol. The summed E-state index contributed by atoms with van der Waals surface area (Å²) in [5, 5.41) is 22.0. The van der Waals surface area contributed by atoms with Crippen LogP contribution in [0.5, 0.6) is 5.75 Å². The number of fused-ring (bicyclic) bond motifs is 3. The molecule has 41 heavy (non-hydrogen) atoms. The van der Waals surface area contributed by atoms with E-state index in [0.717, 1.165) is 33.1 Å². The lowest BCUT2D eigenvalue weighted by Crippen LogP contribution is -2.05. The number of aromatic hydroxyl groups is 1. The maximum Gasteiger partial charge on any atom is 0.196 e. The van der Waals surface area contributed by atoms with Crippen LogP contribution in [-0.4, -0.2) is 41.4 Å². The number of Topliss-reactive ketones (excluding diaryl/α,β-unsaturated/α-hetero) is 1. The van der Waals surface area contributed by atoms with Crippen LogP contribution >= 0.6 is 11.8 Å². The van der Waals surface area contributed by atoms with Crippen LogP contribution in [0.1, 0.15) is 10.4 Å². The molecule has 3 heterocycles. The lowest BCUT2D eigenvalue weighted by atomic mass is 10.1. The second kappa shape index (κ2) is 10.4. The predicted molar refractivity (Wildman–Crippen MR) is 163 cm³/mol. The zero-order valence-electron chi connectivity index (χ0n) is 21.7. The summed E-state index contributed by atoms with van der Waals surface area (Å²) in [5.41, 5.74) is 5.48. The molecule has 0 amide bonds. The van der Waals surface area contributed by atoms with E-state index in [9.17, 15) is 9.90 Å². The van der Waals surface area contributed by atoms with E-state index in [-0.39, 0.29) is 17.3 Å². The maximum atomic E-state index is 12.9. The van der Waals surface area contributed by atoms with Crippen molar-refractivity contribution in [2.45, 2.75) is 5.16 Å². The SMILES string of the molecule is O=C(CSc1nnc(-c2cc3c([nH]c4ccccc43)c(-c3cccc(O)c3)n2)n1-c1ccccc1)c1ccccc1. The van der Waals surface area contributed by atoms with Crippen LogP contribution in [0.2, 0.25) is 0 Å². The summed E-state index contributed by atoms with van der Waals surface area (Å²) >= 11 is 1.34. The number of aromatic amines is 1. The van der Waals surface area contributed by atoms with Gasteiger partial charge in [0, 0.05) is 33.1 Å². The van der Waals surface area contributed by atoms with Crippen molar-refractivity contribution in [2.24, 2.45) is 0 Å². The molecule has 4 aromatic carbocycles. The Morgan fingerprint density at radius 1 is 0.805 bits per heavy atom. The highest BCUT2D eigenvalue weighted by Crippen LogP contribution is 2.37. The molecule has 3 aromatic heterocycles. The molecule has 0 aliphatic rings. The molecule has 8 heteroatoms. The van der Waals surface area contributed by atoms with Crippen LogP contribution in [0, 0.1) is 0 Å². The average Bonchev–Trinajstić information content (AvgIpc) is 3.62. The number of carbonyl (C=O) groups is 1. The molecule has 0 saturated carbocycles. The second-order valence-electron chi connectivity index (χ2n) is 9.55. The van der Waals surface area contributed by atoms with Gasteiger partial charge >= 0.3 is 0 Å². The Kier molecular flexibility index (Phi) is 6.29. The Labute approximate surface area is 239 Å². The van der Waals surface area contributed by atoms with E-state index in [2.05, 4.69) is 21.2 Å². The fourth-order valence-electron chi connectivity index (χ4n) is 5.00. The quantitative estimate of drug-likeness (QED) is 0.159. The van der Waals surface area contributed by atoms with Gasteiger partial charge in [0.15, 0.2) is 16.8 Å². The molecule has 7 rings (SSSR count). The molecule has 0 unspecified atom stereocenters. The summed E-state index contributed by atoms with van der Waals surface area (Å²) in [4.78, 5) is 21.5. The van der Waals surface area contributed by atoms with E-state index in [1.807, 2.05) is 95.6 Å². The van der Waals surface area contributed by atoms with Crippen molar-refractivity contribution < 1.29 is 9.90 Å². The van der Waals surface area contributed by atoms with Crippen LogP contribution in [0.4, 0.5) is 0 Å². The lowest BCUT2D eigenvalue weighted by Gasteiger charge is -2.12. The molecule has 0 fully saturated rings. The van der Waals surface area contributed by atoms with Crippen molar-refractivity contribution in [2.75, 3.05) is 5.75 Å². The third-order valence-corrected chi connectivity index (χ3v) is 7.85. The molecule has 0 aliphatic carbocycles. The van der Waals surface area contributed by atoms with E-state index in [0.29, 0.717) is 27.9 Å². The summed E-state index contributed by atoms with van der Waals surface area (Å²) in [6, 6.07) is 36.3. The van der Waals surface area contributed by atoms with Crippen molar-refractivity contribution >= 4 is 39.4 Å². The predicted octanol–water partition coefficient (Wildman–Crippen LogP) is 7.31. The first-order chi connectivity index (χ1) is 20.2. The van der Waals surface area contributed by atoms with Crippen LogP contribution in [0.25, 0.3) is 50.3 Å². The first-order valence-electron chi connectivity index (χ1n) is 13.1. The van der Waals surface area contributed by atoms with Gasteiger partial charge in [0.2, 0.25) is 0 Å². The molecule has 7 aromatic rings. The fourth-order valence-corrected chi connectivity index (χ4v) is 5.85. The maximum absolute atomic E-state index is 12.9. The number of thioether (sulfide) groups is 1. The molecule has 0 radical (unpaired) electrons. The van der Waals surface area contributed by atoms with Crippen molar-refractivity contribution in [3.8, 4) is 34.2 Å². The van der Waals surface area contributed by atoms with Gasteiger partial charge in [0.25, 0.3) is 0 Å². The molecule has 0 atom stereocenters. The number of ketones is 1. The Morgan fingerprint density at radius 2 is 1.56 bits per heavy atom. The van der Waals surface area contributed by atoms with E-state index in [1.54, 1.807) is 18.2 Å². The third-order valence-electron chi connectivity index (χ3n) is 6.92. The molecular formula is C33H23N5O2S. The highest BCUT2D eigenvalue weighted by molar-refractivity contribution is 7.99. The Balaban J connectivity index is 1.40. The zero-order chi connectivity index (χ0) is 27.8. The van der Waals surface area contributed by atoms with Crippen molar-refractivity contribution in [1.82, 2.24) is 24.7 Å². The summed E-state index contributed by atoms with van der Waals surface area (Å²) in [7, 11) is 0. The van der Waals surface area contributed by atoms with Gasteiger partial charge in [-0.1, -0.05) is 90.6 Å². The minimum Gasteiger partial charge on any atom is -0.508 e. The normalized spacial score (nSPS) is 11.3. The minimum atomic E-state index is 0.0178. The number of carbonyl (C=O) groups excluding carboxylic acids is 1. The highest BCUT2D eigenvalue weighted by atomic mass is 32.2. The largest absolute Gasteiger partial charge is 0.508 e. The van der Waals surface area contributed by atoms with E-state index in [1.165, 1.54) is 11.8 Å². The summed E-state index contributed by atoms with van der Waals surface area (Å²) in [6.07, 6.45) is 0. The highest BCUT2D eigenvalue weighted by Gasteiger charge is 2.22. The zero-order valence-corrected chi connectivity index (χ0v) is 22.5. The number of hydrogen-bond acceptors (Lipinski definition) is 6. The summed E-state index contributed by atoms with van der Waals surface area (Å²) in [6.45, 7) is 0. The van der Waals surface area contributed by atoms with Gasteiger partial charge in [-0.3, -0.25) is 9.36 Å². The number of hydrogen-bond donors (Lipinski definition) is 2. The van der Waals surface area contributed by atoms with Crippen LogP contribution < -0.4 is 0 Å². The fraction of sp³-hybridized carbons (Fsp3) is 0.0303. The summed E-state index contributed by atoms with van der Waals surface area (Å²) in [5.74, 6) is 0.954. The second-order valence-corrected chi connectivity index (χ2v) is 10.5. The molecule has 198 valence electrons. The number of benzene rings is 4. The molecule has 0 aliphatic heterocycles. The summed E-state index contributed by atoms with van der Waals surface area (Å²) < 4.78 is 1.94. The number of pyridine rings is 1. The standard InChI is InChI=1S/C33H23N5O2S/c39-24-15-9-12-22(18-24)30-31-26(25-16-7-8-17-27(25)34-31)19-28(35-30)32-36-37-33(38(32)23-13-5-2-6-14-23)41-20-29(40)21-10-3-1-4-11-21/h1-19,34,39H,20H2. The number of nitrogens with one attached hydrogen (secondary N) is 1. The topological polar surface area (TPSA) is 96.7 Å². The number of H-pyrrole nitrogens is 1. The number of aromatic nitrogens is 5. The Hall–Kier alpha value is -5.21. The molecule has 0 spiro atoms. The van der Waals surface area contributed by atoms with Gasteiger partial charge in [-0.2, -0.15) is 0 Å². The lowest BCUT2D eigenvalue weighted by molar-refractivity contribution is 0.102. The first-order valence-corrected chi connectivity index (χ1v) is 14.1. The number of phenols is 1. The van der Waals surface area contributed by atoms with Crippen LogP contribution in [0.15, 0.2) is 120 Å². The van der Waals surface area contributed by atoms with E-state index < -0.39 is 0 Å². The molecule has 2 N–H and O–H groups in total. The van der Waals surface area contributed by atoms with E-state index in [4.69, 9.17) is 4.98 Å². The first kappa shape index (κ1) is 24.8. The average molecular weight is 554 g/mol. The van der Waals surface area contributed by atoms with Crippen LogP contribution in [-0.2, 0) is 0 Å². The number of para-hydroxylation sites is 2. The number of phenolic OH excluding ortho intramolecular Hbond substituents is 1. The number of rotatable bonds is 7. The Morgan fingerprint density at radius 3 is 2.37 bits per heavy atom. The van der Waals surface area contributed by atoms with Gasteiger partial charge in [-0.15, -0.1) is 10.2 Å². The third kappa shape index (κ3) is 4.64. The van der Waals surface area contributed by atoms with Gasteiger partial charge < -0.3 is 10.1 Å². The van der Waals surface area contributed by atoms with Gasteiger partial charge in [-0.05, 0) is 36.4 Å². The van der Waals surface area contributed by atoms with Gasteiger partial charge in [-0.25, -0.2) is 4.98 Å². The molecule has 0 saturated heterocycles. The van der Waals surface area contributed by atoms with E-state index >= 15 is 0 Å². The number of nitrogens with zero attached hydrogens (tertiary/aromatic N) is 4. The Bertz CT molecular complexity index is 2030. The van der Waals surface area contributed by atoms with Crippen molar-refractivity contribution in [3.05, 3.63) is 121 Å². The van der Waals surface area contributed by atoms with Gasteiger partial charge in [0.1, 0.15) is 11.4 Å². The van der Waals surface area contributed by atoms with Crippen LogP contribution in [0.3, 0.4) is 0 Å². The smallest absolute Gasteiger partial charge is 0.196 e. The van der Waals surface area contributed by atoms with Crippen molar-refractivity contribution in [3.63, 3.8) is 0 Å². The molecule has 0 bridgehead atoms. The monoisotopic (exact) mass is 553 g/mol. The van der Waals surface area contributed by atoms with Crippen molar-refractivity contribution in [1.29, 1.82) is 0 Å². The molecule has 7 nitrogen and oxygen atoms in total. The minimum absolute atomic E-state index is 0.0178.